The molecule has 1 heterocycles. The maximum absolute atomic E-state index is 5.20. The van der Waals surface area contributed by atoms with Gasteiger partial charge < -0.3 is 0 Å². The fraction of sp³-hybridized carbons (Fsp3) is 0.643. The first-order chi connectivity index (χ1) is 7.93. The number of aromatic nitrogens is 2. The van der Waals surface area contributed by atoms with Gasteiger partial charge in [-0.2, -0.15) is 5.10 Å². The fourth-order valence-electron chi connectivity index (χ4n) is 1.82. The summed E-state index contributed by atoms with van der Waals surface area (Å²) in [6.45, 7) is 1.06. The molecule has 0 fully saturated rings. The molecule has 0 N–H and O–H groups in total. The number of nitrogens with zero attached hydrogens (tertiary/aromatic N) is 2. The molecule has 16 heavy (non-hydrogen) atoms. The van der Waals surface area contributed by atoms with E-state index in [9.17, 15) is 0 Å². The molecule has 0 aliphatic heterocycles. The number of aryl methyl sites for hydroxylation is 1. The zero-order valence-corrected chi connectivity index (χ0v) is 10.1. The fourth-order valence-corrected chi connectivity index (χ4v) is 1.82. The maximum atomic E-state index is 5.20. The second-order valence-electron chi connectivity index (χ2n) is 4.20. The molecule has 0 aliphatic carbocycles. The van der Waals surface area contributed by atoms with Crippen LogP contribution in [0.5, 0.6) is 0 Å². The Kier molecular flexibility index (Phi) is 7.24. The van der Waals surface area contributed by atoms with E-state index in [2.05, 4.69) is 11.0 Å². The minimum absolute atomic E-state index is 0.944. The van der Waals surface area contributed by atoms with Crippen molar-refractivity contribution < 1.29 is 0 Å². The van der Waals surface area contributed by atoms with E-state index < -0.39 is 0 Å². The predicted octanol–water partition coefficient (Wildman–Crippen LogP) is 3.64. The summed E-state index contributed by atoms with van der Waals surface area (Å²) in [6.07, 6.45) is 19.1. The monoisotopic (exact) mass is 218 g/mol. The average molecular weight is 218 g/mol. The minimum Gasteiger partial charge on any atom is -0.273 e. The Morgan fingerprint density at radius 3 is 2.31 bits per heavy atom. The molecule has 2 heteroatoms. The zero-order chi connectivity index (χ0) is 11.5. The van der Waals surface area contributed by atoms with Gasteiger partial charge in [0.1, 0.15) is 0 Å². The third kappa shape index (κ3) is 6.29. The Bertz CT molecular complexity index is 282. The normalized spacial score (nSPS) is 10.2. The van der Waals surface area contributed by atoms with Gasteiger partial charge in [-0.25, -0.2) is 0 Å². The summed E-state index contributed by atoms with van der Waals surface area (Å²) in [6, 6.07) is 1.98. The number of hydrogen-bond donors (Lipinski definition) is 0. The molecular weight excluding hydrogens is 196 g/mol. The Morgan fingerprint density at radius 1 is 1.00 bits per heavy atom. The van der Waals surface area contributed by atoms with Crippen LogP contribution in [0.15, 0.2) is 18.5 Å². The molecule has 0 saturated carbocycles. The Labute approximate surface area is 99.1 Å². The molecule has 0 aliphatic rings. The molecule has 0 radical (unpaired) electrons. The van der Waals surface area contributed by atoms with Crippen LogP contribution in [0.2, 0.25) is 0 Å². The van der Waals surface area contributed by atoms with Crippen molar-refractivity contribution in [3.8, 4) is 12.3 Å². The first-order valence-electron chi connectivity index (χ1n) is 6.34. The van der Waals surface area contributed by atoms with Crippen LogP contribution in [-0.4, -0.2) is 9.78 Å². The van der Waals surface area contributed by atoms with Crippen molar-refractivity contribution >= 4 is 0 Å². The lowest BCUT2D eigenvalue weighted by atomic mass is 10.1. The molecule has 1 aromatic heterocycles. The molecule has 0 amide bonds. The van der Waals surface area contributed by atoms with Crippen molar-refractivity contribution in [2.75, 3.05) is 0 Å². The van der Waals surface area contributed by atoms with E-state index in [4.69, 9.17) is 6.42 Å². The summed E-state index contributed by atoms with van der Waals surface area (Å²) in [5.41, 5.74) is 0. The highest BCUT2D eigenvalue weighted by molar-refractivity contribution is 4.82. The molecule has 1 aromatic rings. The van der Waals surface area contributed by atoms with Gasteiger partial charge >= 0.3 is 0 Å². The third-order valence-electron chi connectivity index (χ3n) is 2.77. The van der Waals surface area contributed by atoms with Gasteiger partial charge in [0.05, 0.1) is 0 Å². The molecule has 0 spiro atoms. The van der Waals surface area contributed by atoms with E-state index in [0.29, 0.717) is 0 Å². The summed E-state index contributed by atoms with van der Waals surface area (Å²) in [5.74, 6) is 2.68. The molecule has 0 unspecified atom stereocenters. The molecule has 0 saturated heterocycles. The standard InChI is InChI=1S/C14H22N2/c1-2-3-4-5-6-7-8-9-10-13-16-14-11-12-15-16/h1,11-12,14H,3-10,13H2. The lowest BCUT2D eigenvalue weighted by Gasteiger charge is -2.02. The molecule has 1 rings (SSSR count). The molecule has 0 aromatic carbocycles. The molecule has 2 nitrogen and oxygen atoms in total. The van der Waals surface area contributed by atoms with Crippen LogP contribution in [-0.2, 0) is 6.54 Å². The number of hydrogen-bond acceptors (Lipinski definition) is 1. The number of rotatable bonds is 9. The van der Waals surface area contributed by atoms with Gasteiger partial charge in [-0.15, -0.1) is 12.3 Å². The zero-order valence-electron chi connectivity index (χ0n) is 10.1. The van der Waals surface area contributed by atoms with E-state index in [1.807, 2.05) is 23.1 Å². The summed E-state index contributed by atoms with van der Waals surface area (Å²) >= 11 is 0. The number of unbranched alkanes of at least 4 members (excludes halogenated alkanes) is 7. The highest BCUT2D eigenvalue weighted by atomic mass is 15.3. The van der Waals surface area contributed by atoms with E-state index in [1.54, 1.807) is 0 Å². The van der Waals surface area contributed by atoms with Crippen LogP contribution < -0.4 is 0 Å². The quantitative estimate of drug-likeness (QED) is 0.457. The van der Waals surface area contributed by atoms with Crippen LogP contribution in [0.4, 0.5) is 0 Å². The van der Waals surface area contributed by atoms with Crippen LogP contribution in [0, 0.1) is 12.3 Å². The van der Waals surface area contributed by atoms with Crippen molar-refractivity contribution in [1.82, 2.24) is 9.78 Å². The van der Waals surface area contributed by atoms with Gasteiger partial charge in [-0.1, -0.05) is 32.1 Å². The van der Waals surface area contributed by atoms with Crippen LogP contribution in [0.25, 0.3) is 0 Å². The summed E-state index contributed by atoms with van der Waals surface area (Å²) in [5, 5.41) is 4.18. The lowest BCUT2D eigenvalue weighted by molar-refractivity contribution is 0.522. The number of terminal acetylenes is 1. The molecule has 0 bridgehead atoms. The maximum Gasteiger partial charge on any atom is 0.0489 e. The van der Waals surface area contributed by atoms with Crippen LogP contribution in [0.3, 0.4) is 0 Å². The lowest BCUT2D eigenvalue weighted by Crippen LogP contribution is -1.97. The Morgan fingerprint density at radius 2 is 1.69 bits per heavy atom. The molecule has 88 valence electrons. The van der Waals surface area contributed by atoms with Gasteiger partial charge in [-0.05, 0) is 18.9 Å². The molecule has 0 atom stereocenters. The largest absolute Gasteiger partial charge is 0.273 e. The van der Waals surface area contributed by atoms with Crippen LogP contribution >= 0.6 is 0 Å². The van der Waals surface area contributed by atoms with Gasteiger partial charge in [0.25, 0.3) is 0 Å². The van der Waals surface area contributed by atoms with E-state index in [-0.39, 0.29) is 0 Å². The third-order valence-corrected chi connectivity index (χ3v) is 2.77. The van der Waals surface area contributed by atoms with Crippen molar-refractivity contribution in [3.63, 3.8) is 0 Å². The van der Waals surface area contributed by atoms with Gasteiger partial charge in [0.15, 0.2) is 0 Å². The second kappa shape index (κ2) is 9.03. The first-order valence-corrected chi connectivity index (χ1v) is 6.34. The topological polar surface area (TPSA) is 17.8 Å². The Balaban J connectivity index is 1.80. The van der Waals surface area contributed by atoms with E-state index >= 15 is 0 Å². The smallest absolute Gasteiger partial charge is 0.0489 e. The summed E-state index contributed by atoms with van der Waals surface area (Å²) in [7, 11) is 0. The van der Waals surface area contributed by atoms with Crippen molar-refractivity contribution in [3.05, 3.63) is 18.5 Å². The molecular formula is C14H22N2. The van der Waals surface area contributed by atoms with Crippen molar-refractivity contribution in [2.24, 2.45) is 0 Å². The highest BCUT2D eigenvalue weighted by Gasteiger charge is 1.93. The van der Waals surface area contributed by atoms with Crippen LogP contribution in [0.1, 0.15) is 51.4 Å². The van der Waals surface area contributed by atoms with E-state index in [0.717, 1.165) is 13.0 Å². The summed E-state index contributed by atoms with van der Waals surface area (Å²) in [4.78, 5) is 0. The first kappa shape index (κ1) is 12.8. The highest BCUT2D eigenvalue weighted by Crippen LogP contribution is 2.08. The second-order valence-corrected chi connectivity index (χ2v) is 4.20. The predicted molar refractivity (Wildman–Crippen MR) is 68.0 cm³/mol. The van der Waals surface area contributed by atoms with Gasteiger partial charge in [0.2, 0.25) is 0 Å². The van der Waals surface area contributed by atoms with Gasteiger partial charge in [0, 0.05) is 25.4 Å². The average Bonchev–Trinajstić information content (AvgIpc) is 2.80. The minimum atomic E-state index is 0.944. The van der Waals surface area contributed by atoms with E-state index in [1.165, 1.54) is 44.9 Å². The SMILES string of the molecule is C#CCCCCCCCCCn1cccn1. The van der Waals surface area contributed by atoms with Gasteiger partial charge in [-0.3, -0.25) is 4.68 Å². The summed E-state index contributed by atoms with van der Waals surface area (Å²) < 4.78 is 2.01. The van der Waals surface area contributed by atoms with Crippen molar-refractivity contribution in [2.45, 2.75) is 57.9 Å². The van der Waals surface area contributed by atoms with Crippen molar-refractivity contribution in [1.29, 1.82) is 0 Å². The Hall–Kier alpha value is -1.23.